The summed E-state index contributed by atoms with van der Waals surface area (Å²) in [5.74, 6) is 0. The van der Waals surface area contributed by atoms with Crippen molar-refractivity contribution < 1.29 is 18.3 Å². The third-order valence-corrected chi connectivity index (χ3v) is 6.58. The van der Waals surface area contributed by atoms with Crippen LogP contribution in [-0.4, -0.2) is 40.7 Å². The number of alkyl halides is 3. The molecule has 0 radical (unpaired) electrons. The van der Waals surface area contributed by atoms with Gasteiger partial charge in [0.15, 0.2) is 5.13 Å². The summed E-state index contributed by atoms with van der Waals surface area (Å²) in [4.78, 5) is 9.12. The number of piperazine rings is 1. The van der Waals surface area contributed by atoms with Crippen LogP contribution < -0.4 is 4.90 Å². The summed E-state index contributed by atoms with van der Waals surface area (Å²) in [5.41, 5.74) is 3.21. The van der Waals surface area contributed by atoms with Crippen molar-refractivity contribution >= 4 is 26.7 Å². The van der Waals surface area contributed by atoms with E-state index in [1.54, 1.807) is 0 Å². The summed E-state index contributed by atoms with van der Waals surface area (Å²) >= 11 is 1.32. The largest absolute Gasteiger partial charge is 0.416 e. The molecule has 2 heterocycles. The molecule has 4 nitrogen and oxygen atoms in total. The van der Waals surface area contributed by atoms with Crippen LogP contribution in [0.3, 0.4) is 0 Å². The zero-order chi connectivity index (χ0) is 21.5. The van der Waals surface area contributed by atoms with Gasteiger partial charge in [-0.15, -0.1) is 0 Å². The lowest BCUT2D eigenvalue weighted by Crippen LogP contribution is -2.51. The number of thiazole rings is 1. The number of halogens is 3. The molecule has 1 atom stereocenters. The van der Waals surface area contributed by atoms with E-state index in [0.29, 0.717) is 10.2 Å². The van der Waals surface area contributed by atoms with E-state index < -0.39 is 11.7 Å². The van der Waals surface area contributed by atoms with Gasteiger partial charge in [-0.05, 0) is 43.2 Å². The number of benzene rings is 2. The highest BCUT2D eigenvalue weighted by atomic mass is 32.1. The van der Waals surface area contributed by atoms with Gasteiger partial charge >= 0.3 is 6.18 Å². The van der Waals surface area contributed by atoms with E-state index in [1.807, 2.05) is 19.1 Å². The molecule has 8 heteroatoms. The fraction of sp³-hybridized carbons (Fsp3) is 0.409. The number of nitrogens with zero attached hydrogens (tertiary/aromatic N) is 3. The van der Waals surface area contributed by atoms with Gasteiger partial charge in [-0.1, -0.05) is 35.1 Å². The SMILES string of the molecule is Cc1cc(CO)cc(CN2CCN(c3nc4ccc(C(F)(F)F)cc4s3)C[C@H]2C)c1. The fourth-order valence-electron chi connectivity index (χ4n) is 3.99. The highest BCUT2D eigenvalue weighted by Crippen LogP contribution is 2.36. The molecule has 0 unspecified atom stereocenters. The molecule has 0 aliphatic carbocycles. The molecular weight excluding hydrogens is 411 g/mol. The van der Waals surface area contributed by atoms with Crippen LogP contribution in [0.1, 0.15) is 29.2 Å². The third kappa shape index (κ3) is 4.45. The number of rotatable bonds is 4. The standard InChI is InChI=1S/C22H24F3N3OS/c1-14-7-16(9-17(8-14)13-29)12-27-5-6-28(11-15(27)2)21-26-19-4-3-18(22(23,24)25)10-20(19)30-21/h3-4,7-10,15,29H,5-6,11-13H2,1-2H3/t15-/m1/s1. The van der Waals surface area contributed by atoms with Crippen LogP contribution in [0, 0.1) is 6.92 Å². The third-order valence-electron chi connectivity index (χ3n) is 5.51. The quantitative estimate of drug-likeness (QED) is 0.638. The van der Waals surface area contributed by atoms with E-state index in [2.05, 4.69) is 27.8 Å². The summed E-state index contributed by atoms with van der Waals surface area (Å²) in [6.07, 6.45) is -4.34. The first-order valence-corrected chi connectivity index (χ1v) is 10.7. The van der Waals surface area contributed by atoms with Crippen LogP contribution in [0.5, 0.6) is 0 Å². The van der Waals surface area contributed by atoms with Gasteiger partial charge in [0.05, 0.1) is 22.4 Å². The second kappa shape index (κ2) is 8.17. The normalized spacial score (nSPS) is 18.3. The van der Waals surface area contributed by atoms with Gasteiger partial charge in [0.25, 0.3) is 0 Å². The molecule has 3 aromatic rings. The Balaban J connectivity index is 1.47. The van der Waals surface area contributed by atoms with Crippen molar-refractivity contribution in [1.29, 1.82) is 0 Å². The lowest BCUT2D eigenvalue weighted by atomic mass is 10.1. The molecule has 0 bridgehead atoms. The van der Waals surface area contributed by atoms with Crippen LogP contribution >= 0.6 is 11.3 Å². The van der Waals surface area contributed by atoms with E-state index in [0.717, 1.165) is 48.5 Å². The van der Waals surface area contributed by atoms with Crippen molar-refractivity contribution in [3.05, 3.63) is 58.7 Å². The maximum atomic E-state index is 13.0. The summed E-state index contributed by atoms with van der Waals surface area (Å²) in [6, 6.07) is 10.2. The predicted molar refractivity (Wildman–Crippen MR) is 114 cm³/mol. The Morgan fingerprint density at radius 3 is 2.60 bits per heavy atom. The molecule has 4 rings (SSSR count). The molecule has 1 aromatic heterocycles. The van der Waals surface area contributed by atoms with Crippen molar-refractivity contribution in [3.63, 3.8) is 0 Å². The monoisotopic (exact) mass is 435 g/mol. The molecule has 30 heavy (non-hydrogen) atoms. The number of hydrogen-bond acceptors (Lipinski definition) is 5. The van der Waals surface area contributed by atoms with Gasteiger partial charge < -0.3 is 10.0 Å². The van der Waals surface area contributed by atoms with Gasteiger partial charge in [-0.3, -0.25) is 4.90 Å². The van der Waals surface area contributed by atoms with E-state index >= 15 is 0 Å². The molecule has 0 spiro atoms. The summed E-state index contributed by atoms with van der Waals surface area (Å²) in [6.45, 7) is 7.41. The van der Waals surface area contributed by atoms with Crippen LogP contribution in [0.25, 0.3) is 10.2 Å². The molecule has 2 aromatic carbocycles. The Hall–Kier alpha value is -2.16. The average molecular weight is 436 g/mol. The van der Waals surface area contributed by atoms with Gasteiger partial charge in [0.2, 0.25) is 0 Å². The molecule has 0 saturated carbocycles. The van der Waals surface area contributed by atoms with E-state index in [-0.39, 0.29) is 12.6 Å². The number of aliphatic hydroxyl groups is 1. The van der Waals surface area contributed by atoms with Gasteiger partial charge in [-0.25, -0.2) is 4.98 Å². The van der Waals surface area contributed by atoms with E-state index in [1.165, 1.54) is 29.0 Å². The van der Waals surface area contributed by atoms with E-state index in [9.17, 15) is 18.3 Å². The molecule has 1 fully saturated rings. The zero-order valence-corrected chi connectivity index (χ0v) is 17.7. The van der Waals surface area contributed by atoms with E-state index in [4.69, 9.17) is 0 Å². The first kappa shape index (κ1) is 21.1. The topological polar surface area (TPSA) is 39.6 Å². The lowest BCUT2D eigenvalue weighted by Gasteiger charge is -2.39. The highest BCUT2D eigenvalue weighted by Gasteiger charge is 2.31. The van der Waals surface area contributed by atoms with Crippen LogP contribution in [0.2, 0.25) is 0 Å². The predicted octanol–water partition coefficient (Wildman–Crippen LogP) is 4.83. The molecule has 160 valence electrons. The second-order valence-corrected chi connectivity index (χ2v) is 8.94. The number of aromatic nitrogens is 1. The van der Waals surface area contributed by atoms with Gasteiger partial charge in [-0.2, -0.15) is 13.2 Å². The van der Waals surface area contributed by atoms with Crippen molar-refractivity contribution in [1.82, 2.24) is 9.88 Å². The average Bonchev–Trinajstić information content (AvgIpc) is 3.11. The van der Waals surface area contributed by atoms with Crippen LogP contribution in [-0.2, 0) is 19.3 Å². The molecule has 1 aliphatic rings. The molecular formula is C22H24F3N3OS. The Morgan fingerprint density at radius 1 is 1.13 bits per heavy atom. The minimum atomic E-state index is -4.34. The molecule has 0 amide bonds. The Kier molecular flexibility index (Phi) is 5.74. The highest BCUT2D eigenvalue weighted by molar-refractivity contribution is 7.22. The van der Waals surface area contributed by atoms with Crippen molar-refractivity contribution in [2.24, 2.45) is 0 Å². The molecule has 1 saturated heterocycles. The van der Waals surface area contributed by atoms with Crippen molar-refractivity contribution in [2.75, 3.05) is 24.5 Å². The Labute approximate surface area is 177 Å². The molecule has 1 aliphatic heterocycles. The minimum Gasteiger partial charge on any atom is -0.392 e. The summed E-state index contributed by atoms with van der Waals surface area (Å²) in [7, 11) is 0. The van der Waals surface area contributed by atoms with Crippen LogP contribution in [0.4, 0.5) is 18.3 Å². The van der Waals surface area contributed by atoms with Gasteiger partial charge in [0.1, 0.15) is 0 Å². The number of aliphatic hydroxyl groups excluding tert-OH is 1. The summed E-state index contributed by atoms with van der Waals surface area (Å²) in [5, 5.41) is 10.2. The fourth-order valence-corrected chi connectivity index (χ4v) is 5.03. The first-order valence-electron chi connectivity index (χ1n) is 9.90. The number of hydrogen-bond donors (Lipinski definition) is 1. The zero-order valence-electron chi connectivity index (χ0n) is 16.9. The maximum Gasteiger partial charge on any atom is 0.416 e. The Morgan fingerprint density at radius 2 is 1.90 bits per heavy atom. The smallest absolute Gasteiger partial charge is 0.392 e. The number of anilines is 1. The number of aryl methyl sites for hydroxylation is 1. The Bertz CT molecular complexity index is 1050. The van der Waals surface area contributed by atoms with Crippen LogP contribution in [0.15, 0.2) is 36.4 Å². The van der Waals surface area contributed by atoms with Crippen molar-refractivity contribution in [3.8, 4) is 0 Å². The first-order chi connectivity index (χ1) is 14.2. The second-order valence-electron chi connectivity index (χ2n) is 7.93. The lowest BCUT2D eigenvalue weighted by molar-refractivity contribution is -0.137. The van der Waals surface area contributed by atoms with Crippen molar-refractivity contribution in [2.45, 2.75) is 39.2 Å². The number of fused-ring (bicyclic) bond motifs is 1. The molecule has 1 N–H and O–H groups in total. The minimum absolute atomic E-state index is 0.0334. The van der Waals surface area contributed by atoms with Gasteiger partial charge in [0, 0.05) is 32.2 Å². The maximum absolute atomic E-state index is 13.0. The summed E-state index contributed by atoms with van der Waals surface area (Å²) < 4.78 is 39.5.